The first kappa shape index (κ1) is 17.2. The van der Waals surface area contributed by atoms with Crippen LogP contribution in [0.15, 0.2) is 24.3 Å². The number of ether oxygens (including phenoxy) is 2. The smallest absolute Gasteiger partial charge is 0.411 e. The van der Waals surface area contributed by atoms with Gasteiger partial charge in [-0.3, -0.25) is 15.5 Å². The van der Waals surface area contributed by atoms with Crippen molar-refractivity contribution in [3.8, 4) is 0 Å². The lowest BCUT2D eigenvalue weighted by molar-refractivity contribution is -0.129. The molecule has 7 nitrogen and oxygen atoms in total. The molecule has 1 saturated heterocycles. The van der Waals surface area contributed by atoms with Crippen LogP contribution in [0.3, 0.4) is 0 Å². The zero-order chi connectivity index (χ0) is 16.7. The minimum atomic E-state index is -0.478. The number of hydrogen-bond acceptors (Lipinski definition) is 5. The topological polar surface area (TPSA) is 103 Å². The van der Waals surface area contributed by atoms with Gasteiger partial charge in [-0.2, -0.15) is 0 Å². The van der Waals surface area contributed by atoms with E-state index < -0.39 is 11.5 Å². The van der Waals surface area contributed by atoms with Crippen LogP contribution in [0.2, 0.25) is 0 Å². The fraction of sp³-hybridized carbons (Fsp3) is 0.500. The second-order valence-electron chi connectivity index (χ2n) is 5.71. The highest BCUT2D eigenvalue weighted by molar-refractivity contribution is 5.85. The molecule has 126 valence electrons. The van der Waals surface area contributed by atoms with Crippen molar-refractivity contribution < 1.29 is 19.1 Å². The Labute approximate surface area is 135 Å². The number of unbranched alkanes of at least 4 members (excludes halogenated alkanes) is 1. The Morgan fingerprint density at radius 2 is 2.17 bits per heavy atom. The maximum atomic E-state index is 11.7. The highest BCUT2D eigenvalue weighted by Gasteiger charge is 2.42. The second kappa shape index (κ2) is 7.94. The largest absolute Gasteiger partial charge is 0.449 e. The van der Waals surface area contributed by atoms with Crippen LogP contribution in [-0.2, 0) is 19.7 Å². The number of carbonyl (C=O) groups excluding carboxylic acids is 2. The SMILES string of the molecule is CCCCOC(=O)Nc1cccc(C2(CC(=O)NN)COC2)c1. The average Bonchev–Trinajstić information content (AvgIpc) is 2.51. The van der Waals surface area contributed by atoms with E-state index in [4.69, 9.17) is 15.3 Å². The summed E-state index contributed by atoms with van der Waals surface area (Å²) in [6.45, 7) is 3.33. The van der Waals surface area contributed by atoms with E-state index in [1.54, 1.807) is 6.07 Å². The van der Waals surface area contributed by atoms with Crippen molar-refractivity contribution in [2.24, 2.45) is 5.84 Å². The van der Waals surface area contributed by atoms with Crippen LogP contribution in [0.1, 0.15) is 31.7 Å². The van der Waals surface area contributed by atoms with E-state index in [2.05, 4.69) is 10.7 Å². The molecule has 1 aromatic carbocycles. The van der Waals surface area contributed by atoms with E-state index >= 15 is 0 Å². The molecule has 0 aliphatic carbocycles. The van der Waals surface area contributed by atoms with Crippen LogP contribution in [0.4, 0.5) is 10.5 Å². The molecule has 1 aliphatic rings. The van der Waals surface area contributed by atoms with Gasteiger partial charge in [0, 0.05) is 12.1 Å². The van der Waals surface area contributed by atoms with Crippen molar-refractivity contribution in [3.05, 3.63) is 29.8 Å². The van der Waals surface area contributed by atoms with E-state index in [0.29, 0.717) is 25.5 Å². The van der Waals surface area contributed by atoms with E-state index in [0.717, 1.165) is 18.4 Å². The third kappa shape index (κ3) is 4.43. The number of anilines is 1. The van der Waals surface area contributed by atoms with Gasteiger partial charge >= 0.3 is 6.09 Å². The normalized spacial score (nSPS) is 15.4. The lowest BCUT2D eigenvalue weighted by Crippen LogP contribution is -2.50. The van der Waals surface area contributed by atoms with Gasteiger partial charge in [-0.1, -0.05) is 25.5 Å². The number of nitrogens with two attached hydrogens (primary N) is 1. The summed E-state index contributed by atoms with van der Waals surface area (Å²) in [6, 6.07) is 7.37. The summed E-state index contributed by atoms with van der Waals surface area (Å²) in [4.78, 5) is 23.3. The maximum absolute atomic E-state index is 11.7. The molecule has 1 aliphatic heterocycles. The summed E-state index contributed by atoms with van der Waals surface area (Å²) in [5, 5.41) is 2.70. The molecule has 0 bridgehead atoms. The lowest BCUT2D eigenvalue weighted by Gasteiger charge is -2.41. The summed E-state index contributed by atoms with van der Waals surface area (Å²) in [6.07, 6.45) is 1.57. The lowest BCUT2D eigenvalue weighted by atomic mass is 9.75. The summed E-state index contributed by atoms with van der Waals surface area (Å²) in [5.74, 6) is 4.93. The first-order valence-corrected chi connectivity index (χ1v) is 7.71. The van der Waals surface area contributed by atoms with Gasteiger partial charge in [-0.15, -0.1) is 0 Å². The molecule has 0 spiro atoms. The summed E-state index contributed by atoms with van der Waals surface area (Å²) < 4.78 is 10.4. The van der Waals surface area contributed by atoms with E-state index in [9.17, 15) is 9.59 Å². The Morgan fingerprint density at radius 3 is 2.78 bits per heavy atom. The fourth-order valence-electron chi connectivity index (χ4n) is 2.47. The number of nitrogens with one attached hydrogen (secondary N) is 2. The molecule has 0 unspecified atom stereocenters. The van der Waals surface area contributed by atoms with Crippen molar-refractivity contribution in [1.29, 1.82) is 0 Å². The van der Waals surface area contributed by atoms with Crippen LogP contribution >= 0.6 is 0 Å². The second-order valence-corrected chi connectivity index (χ2v) is 5.71. The van der Waals surface area contributed by atoms with E-state index in [1.807, 2.05) is 25.1 Å². The average molecular weight is 321 g/mol. The number of hydrogen-bond donors (Lipinski definition) is 3. The summed E-state index contributed by atoms with van der Waals surface area (Å²) >= 11 is 0. The number of amides is 2. The quantitative estimate of drug-likeness (QED) is 0.307. The highest BCUT2D eigenvalue weighted by atomic mass is 16.5. The van der Waals surface area contributed by atoms with Crippen molar-refractivity contribution in [3.63, 3.8) is 0 Å². The third-order valence-corrected chi connectivity index (χ3v) is 3.87. The molecule has 0 radical (unpaired) electrons. The zero-order valence-electron chi connectivity index (χ0n) is 13.3. The Bertz CT molecular complexity index is 558. The maximum Gasteiger partial charge on any atom is 0.411 e. The van der Waals surface area contributed by atoms with E-state index in [-0.39, 0.29) is 12.3 Å². The third-order valence-electron chi connectivity index (χ3n) is 3.87. The number of hydrazine groups is 1. The highest BCUT2D eigenvalue weighted by Crippen LogP contribution is 2.36. The molecule has 1 fully saturated rings. The van der Waals surface area contributed by atoms with Crippen LogP contribution in [0.25, 0.3) is 0 Å². The molecular weight excluding hydrogens is 298 g/mol. The Morgan fingerprint density at radius 1 is 1.39 bits per heavy atom. The zero-order valence-corrected chi connectivity index (χ0v) is 13.3. The van der Waals surface area contributed by atoms with Gasteiger partial charge in [-0.05, 0) is 24.1 Å². The molecule has 2 rings (SSSR count). The minimum Gasteiger partial charge on any atom is -0.449 e. The molecule has 2 amide bonds. The Hall–Kier alpha value is -2.12. The molecule has 0 aromatic heterocycles. The molecule has 23 heavy (non-hydrogen) atoms. The fourth-order valence-corrected chi connectivity index (χ4v) is 2.47. The van der Waals surface area contributed by atoms with Gasteiger partial charge in [0.05, 0.1) is 25.2 Å². The van der Waals surface area contributed by atoms with Gasteiger partial charge in [0.15, 0.2) is 0 Å². The summed E-state index contributed by atoms with van der Waals surface area (Å²) in [5.41, 5.74) is 3.31. The number of carbonyl (C=O) groups is 2. The van der Waals surface area contributed by atoms with Crippen LogP contribution in [-0.4, -0.2) is 31.8 Å². The molecule has 1 aromatic rings. The van der Waals surface area contributed by atoms with Gasteiger partial charge in [0.2, 0.25) is 5.91 Å². The van der Waals surface area contributed by atoms with Crippen LogP contribution < -0.4 is 16.6 Å². The van der Waals surface area contributed by atoms with Crippen molar-refractivity contribution in [2.75, 3.05) is 25.1 Å². The summed E-state index contributed by atoms with van der Waals surface area (Å²) in [7, 11) is 0. The monoisotopic (exact) mass is 321 g/mol. The van der Waals surface area contributed by atoms with Gasteiger partial charge < -0.3 is 9.47 Å². The molecule has 0 saturated carbocycles. The minimum absolute atomic E-state index is 0.244. The Balaban J connectivity index is 2.04. The first-order chi connectivity index (χ1) is 11.1. The van der Waals surface area contributed by atoms with Gasteiger partial charge in [0.1, 0.15) is 0 Å². The predicted octanol–water partition coefficient (Wildman–Crippen LogP) is 1.68. The molecule has 7 heteroatoms. The van der Waals surface area contributed by atoms with Crippen LogP contribution in [0.5, 0.6) is 0 Å². The molecule has 1 heterocycles. The number of rotatable bonds is 7. The number of benzene rings is 1. The van der Waals surface area contributed by atoms with Crippen LogP contribution in [0, 0.1) is 0 Å². The van der Waals surface area contributed by atoms with Crippen molar-refractivity contribution in [2.45, 2.75) is 31.6 Å². The predicted molar refractivity (Wildman–Crippen MR) is 85.8 cm³/mol. The molecule has 0 atom stereocenters. The first-order valence-electron chi connectivity index (χ1n) is 7.71. The van der Waals surface area contributed by atoms with E-state index in [1.165, 1.54) is 0 Å². The van der Waals surface area contributed by atoms with Gasteiger partial charge in [-0.25, -0.2) is 10.6 Å². The van der Waals surface area contributed by atoms with Crippen molar-refractivity contribution >= 4 is 17.7 Å². The van der Waals surface area contributed by atoms with Crippen molar-refractivity contribution in [1.82, 2.24) is 5.43 Å². The molecular formula is C16H23N3O4. The standard InChI is InChI=1S/C16H23N3O4/c1-2-3-7-23-15(21)18-13-6-4-5-12(8-13)16(10-22-11-16)9-14(20)19-17/h4-6,8H,2-3,7,9-11,17H2,1H3,(H,18,21)(H,19,20). The molecule has 4 N–H and O–H groups in total. The van der Waals surface area contributed by atoms with Gasteiger partial charge in [0.25, 0.3) is 0 Å². The Kier molecular flexibility index (Phi) is 5.95.